The second kappa shape index (κ2) is 431. The van der Waals surface area contributed by atoms with Crippen LogP contribution in [0, 0.1) is 0 Å². The van der Waals surface area contributed by atoms with Crippen molar-refractivity contribution < 1.29 is 31.9 Å². The quantitative estimate of drug-likeness (QED) is 0.517. The Labute approximate surface area is 63.1 Å². The summed E-state index contributed by atoms with van der Waals surface area (Å²) in [6.07, 6.45) is 0. The van der Waals surface area contributed by atoms with Gasteiger partial charge in [0, 0.05) is 0 Å². The van der Waals surface area contributed by atoms with Crippen LogP contribution >= 0.6 is 0 Å². The first kappa shape index (κ1) is 683. The normalized spacial score (nSPS) is 0. The van der Waals surface area contributed by atoms with E-state index in [4.69, 9.17) is 0 Å². The molecular formula is H10ClN5Ru. The van der Waals surface area contributed by atoms with Crippen LogP contribution < -0.4 is 12.4 Å². The largest absolute Gasteiger partial charge is 6.00 e. The van der Waals surface area contributed by atoms with Crippen molar-refractivity contribution in [2.75, 3.05) is 0 Å². The third-order valence-corrected chi connectivity index (χ3v) is 0. The minimum Gasteiger partial charge on any atom is -1.00 e. The molecule has 0 spiro atoms. The molecule has 0 aromatic rings. The Kier molecular flexibility index (Phi) is 42000. The summed E-state index contributed by atoms with van der Waals surface area (Å²) in [7, 11) is 0. The van der Waals surface area contributed by atoms with Crippen LogP contribution in [0.3, 0.4) is 0 Å². The number of nitrogens with two attached hydrogens (primary N) is 5. The molecule has 0 fully saturated rings. The molecule has 50 valence electrons. The van der Waals surface area contributed by atoms with Gasteiger partial charge in [-0.2, -0.15) is 0 Å². The van der Waals surface area contributed by atoms with Crippen molar-refractivity contribution in [2.45, 2.75) is 0 Å². The molecule has 7 heavy (non-hydrogen) atoms. The predicted octanol–water partition coefficient (Wildman–Crippen LogP) is 0.587. The van der Waals surface area contributed by atoms with Crippen LogP contribution in [0.5, 0.6) is 0 Å². The van der Waals surface area contributed by atoms with Gasteiger partial charge in [-0.05, 0) is 0 Å². The zero-order chi connectivity index (χ0) is 0. The van der Waals surface area contributed by atoms with Crippen molar-refractivity contribution in [1.82, 2.24) is 0 Å². The molecule has 0 bridgehead atoms. The predicted molar refractivity (Wildman–Crippen MR) is 26.4 cm³/mol. The van der Waals surface area contributed by atoms with E-state index in [1.807, 2.05) is 0 Å². The smallest absolute Gasteiger partial charge is 1.00 e. The van der Waals surface area contributed by atoms with Crippen molar-refractivity contribution in [3.8, 4) is 0 Å². The van der Waals surface area contributed by atoms with Crippen LogP contribution in [0.1, 0.15) is 0 Å². The van der Waals surface area contributed by atoms with E-state index in [1.165, 1.54) is 0 Å². The van der Waals surface area contributed by atoms with Crippen LogP contribution in [-0.4, -0.2) is 0 Å². The average Bonchev–Trinajstić information content (AvgIpc) is 0. The molecule has 0 unspecified atom stereocenters. The Morgan fingerprint density at radius 1 is 0.429 bits per heavy atom. The van der Waals surface area contributed by atoms with E-state index < -0.39 is 0 Å². The fourth-order valence-corrected chi connectivity index (χ4v) is 0. The Morgan fingerprint density at radius 3 is 0.429 bits per heavy atom. The van der Waals surface area contributed by atoms with Gasteiger partial charge in [-0.25, -0.2) is 0 Å². The average molecular weight is 217 g/mol. The van der Waals surface area contributed by atoms with E-state index in [1.54, 1.807) is 0 Å². The molecule has 5 nitrogen and oxygen atoms in total. The van der Waals surface area contributed by atoms with Gasteiger partial charge in [0.15, 0.2) is 0 Å². The summed E-state index contributed by atoms with van der Waals surface area (Å²) < 4.78 is 0. The van der Waals surface area contributed by atoms with E-state index in [0.717, 1.165) is 0 Å². The zero-order valence-electron chi connectivity index (χ0n) is 3.62. The summed E-state index contributed by atoms with van der Waals surface area (Å²) in [6, 6.07) is 0. The minimum absolute atomic E-state index is 0. The minimum atomic E-state index is 0. The number of halogens is 1. The molecular weight excluding hydrogens is 207 g/mol. The molecule has 0 saturated carbocycles. The van der Waals surface area contributed by atoms with Gasteiger partial charge in [0.2, 0.25) is 0 Å². The van der Waals surface area contributed by atoms with Crippen LogP contribution in [-0.2, 0) is 19.5 Å². The van der Waals surface area contributed by atoms with Gasteiger partial charge >= 0.3 is 19.5 Å². The first-order valence-corrected chi connectivity index (χ1v) is 0. The third-order valence-electron chi connectivity index (χ3n) is 0. The molecule has 7 heteroatoms. The first-order valence-electron chi connectivity index (χ1n) is 0. The monoisotopic (exact) mass is 217 g/mol. The molecule has 0 aliphatic rings. The second-order valence-electron chi connectivity index (χ2n) is 0. The number of rotatable bonds is 0. The maximum atomic E-state index is 0. The Morgan fingerprint density at radius 2 is 0.429 bits per heavy atom. The van der Waals surface area contributed by atoms with Crippen LogP contribution in [0.25, 0.3) is 30.8 Å². The summed E-state index contributed by atoms with van der Waals surface area (Å²) in [4.78, 5) is 0. The van der Waals surface area contributed by atoms with E-state index in [-0.39, 0.29) is 62.6 Å². The molecule has 0 saturated heterocycles. The molecule has 10 N–H and O–H groups in total. The summed E-state index contributed by atoms with van der Waals surface area (Å²) in [6.45, 7) is 0. The van der Waals surface area contributed by atoms with Crippen molar-refractivity contribution >= 4 is 0 Å². The SMILES string of the molecule is [Cl-].[NH2-].[NH2-].[NH2-].[NH2-].[NH2-].[Ru+6]. The summed E-state index contributed by atoms with van der Waals surface area (Å²) in [5.41, 5.74) is 0. The number of hydrogen-bond acceptors (Lipinski definition) is 0. The van der Waals surface area contributed by atoms with Gasteiger partial charge in [-0.15, -0.1) is 0 Å². The number of hydrogen-bond donors (Lipinski definition) is 0. The fraction of sp³-hybridized carbons (Fsp3) is 0. The van der Waals surface area contributed by atoms with Crippen molar-refractivity contribution in [3.63, 3.8) is 0 Å². The molecule has 0 aromatic heterocycles. The van der Waals surface area contributed by atoms with E-state index in [9.17, 15) is 0 Å². The Bertz CT molecular complexity index is 8.04. The maximum Gasteiger partial charge on any atom is 6.00 e. The van der Waals surface area contributed by atoms with Crippen LogP contribution in [0.4, 0.5) is 0 Å². The molecule has 0 radical (unpaired) electrons. The summed E-state index contributed by atoms with van der Waals surface area (Å²) >= 11 is 0. The third kappa shape index (κ3) is 293. The van der Waals surface area contributed by atoms with E-state index in [2.05, 4.69) is 0 Å². The van der Waals surface area contributed by atoms with Gasteiger partial charge < -0.3 is 43.2 Å². The van der Waals surface area contributed by atoms with Crippen molar-refractivity contribution in [3.05, 3.63) is 30.8 Å². The van der Waals surface area contributed by atoms with Crippen molar-refractivity contribution in [1.29, 1.82) is 0 Å². The molecule has 0 atom stereocenters. The molecule has 0 aliphatic carbocycles. The Hall–Kier alpha value is 0.713. The molecule has 0 heterocycles. The van der Waals surface area contributed by atoms with Gasteiger partial charge in [0.25, 0.3) is 0 Å². The fourth-order valence-electron chi connectivity index (χ4n) is 0. The van der Waals surface area contributed by atoms with Gasteiger partial charge in [0.05, 0.1) is 0 Å². The topological polar surface area (TPSA) is 168 Å². The van der Waals surface area contributed by atoms with Crippen LogP contribution in [0.2, 0.25) is 0 Å². The zero-order valence-corrected chi connectivity index (χ0v) is 6.11. The van der Waals surface area contributed by atoms with Gasteiger partial charge in [0.1, 0.15) is 0 Å². The molecule has 0 aliphatic heterocycles. The molecule has 0 rings (SSSR count). The standard InChI is InChI=1S/ClH.5H2N.Ru/h1H;5*1H2;/q;5*-1;+6/p-1. The Balaban J connectivity index is 0. The first-order chi connectivity index (χ1) is 0. The maximum absolute atomic E-state index is 0. The van der Waals surface area contributed by atoms with E-state index in [0.29, 0.717) is 0 Å². The summed E-state index contributed by atoms with van der Waals surface area (Å²) in [5, 5.41) is 0. The van der Waals surface area contributed by atoms with Gasteiger partial charge in [-0.1, -0.05) is 0 Å². The summed E-state index contributed by atoms with van der Waals surface area (Å²) in [5.74, 6) is 0. The van der Waals surface area contributed by atoms with Crippen molar-refractivity contribution in [2.24, 2.45) is 0 Å². The van der Waals surface area contributed by atoms with E-state index >= 15 is 0 Å². The molecule has 0 aromatic carbocycles. The molecule has 0 amide bonds. The van der Waals surface area contributed by atoms with Gasteiger partial charge in [-0.3, -0.25) is 0 Å². The van der Waals surface area contributed by atoms with Crippen LogP contribution in [0.15, 0.2) is 0 Å². The second-order valence-corrected chi connectivity index (χ2v) is 0.